The summed E-state index contributed by atoms with van der Waals surface area (Å²) in [5.74, 6) is 0.00559. The Bertz CT molecular complexity index is 1040. The van der Waals surface area contributed by atoms with E-state index >= 15 is 0 Å². The lowest BCUT2D eigenvalue weighted by Crippen LogP contribution is -2.27. The number of hydrogen-bond acceptors (Lipinski definition) is 7. The van der Waals surface area contributed by atoms with E-state index in [2.05, 4.69) is 0 Å². The van der Waals surface area contributed by atoms with Crippen LogP contribution in [0.3, 0.4) is 0 Å². The minimum atomic E-state index is -0.588. The average molecular weight is 405 g/mol. The number of anilines is 1. The van der Waals surface area contributed by atoms with E-state index in [1.54, 1.807) is 18.2 Å². The summed E-state index contributed by atoms with van der Waals surface area (Å²) in [6, 6.07) is 8.95. The van der Waals surface area contributed by atoms with Crippen LogP contribution in [0.15, 0.2) is 41.3 Å². The van der Waals surface area contributed by atoms with Gasteiger partial charge in [0.2, 0.25) is 6.79 Å². The first-order chi connectivity index (χ1) is 12.9. The van der Waals surface area contributed by atoms with Gasteiger partial charge in [0.25, 0.3) is 16.8 Å². The third kappa shape index (κ3) is 3.11. The van der Waals surface area contributed by atoms with Crippen LogP contribution >= 0.6 is 23.4 Å². The number of amides is 2. The maximum Gasteiger partial charge on any atom is 0.298 e. The molecule has 0 saturated carbocycles. The Morgan fingerprint density at radius 2 is 1.93 bits per heavy atom. The molecule has 2 aromatic rings. The van der Waals surface area contributed by atoms with Crippen molar-refractivity contribution in [2.75, 3.05) is 11.7 Å². The van der Waals surface area contributed by atoms with Gasteiger partial charge >= 0.3 is 0 Å². The van der Waals surface area contributed by atoms with Crippen LogP contribution in [0, 0.1) is 10.1 Å². The molecule has 2 aromatic carbocycles. The van der Waals surface area contributed by atoms with Crippen LogP contribution in [0.5, 0.6) is 11.5 Å². The first-order valence-corrected chi connectivity index (χ1v) is 8.75. The lowest BCUT2D eigenvalue weighted by atomic mass is 10.1. The molecule has 8 nitrogen and oxygen atoms in total. The third-order valence-corrected chi connectivity index (χ3v) is 4.97. The molecule has 1 saturated heterocycles. The van der Waals surface area contributed by atoms with Crippen molar-refractivity contribution in [2.24, 2.45) is 0 Å². The van der Waals surface area contributed by atoms with Crippen molar-refractivity contribution in [3.8, 4) is 11.5 Å². The largest absolute Gasteiger partial charge is 0.454 e. The van der Waals surface area contributed by atoms with Crippen LogP contribution in [-0.4, -0.2) is 22.9 Å². The van der Waals surface area contributed by atoms with Crippen LogP contribution in [0.1, 0.15) is 5.56 Å². The molecule has 0 atom stereocenters. The summed E-state index contributed by atoms with van der Waals surface area (Å²) < 4.78 is 10.4. The molecule has 0 spiro atoms. The number of nitro benzene ring substituents is 1. The SMILES string of the molecule is O=C1S/C(=C\c2cc3c(cc2[N+](=O)[O-])OCO3)C(=O)N1c1cccc(Cl)c1. The van der Waals surface area contributed by atoms with Crippen molar-refractivity contribution in [2.45, 2.75) is 0 Å². The average Bonchev–Trinajstić information content (AvgIpc) is 3.18. The zero-order valence-electron chi connectivity index (χ0n) is 13.4. The molecule has 2 heterocycles. The smallest absolute Gasteiger partial charge is 0.298 e. The van der Waals surface area contributed by atoms with E-state index < -0.39 is 16.1 Å². The van der Waals surface area contributed by atoms with E-state index in [0.29, 0.717) is 28.2 Å². The number of benzene rings is 2. The number of imide groups is 1. The van der Waals surface area contributed by atoms with E-state index in [-0.39, 0.29) is 28.7 Å². The molecule has 1 fully saturated rings. The van der Waals surface area contributed by atoms with Gasteiger partial charge in [-0.25, -0.2) is 4.90 Å². The fourth-order valence-electron chi connectivity index (χ4n) is 2.67. The highest BCUT2D eigenvalue weighted by molar-refractivity contribution is 8.19. The minimum absolute atomic E-state index is 0.0405. The summed E-state index contributed by atoms with van der Waals surface area (Å²) >= 11 is 6.62. The highest BCUT2D eigenvalue weighted by Crippen LogP contribution is 2.41. The lowest BCUT2D eigenvalue weighted by Gasteiger charge is -2.12. The fourth-order valence-corrected chi connectivity index (χ4v) is 3.68. The molecule has 0 N–H and O–H groups in total. The number of fused-ring (bicyclic) bond motifs is 1. The van der Waals surface area contributed by atoms with Crippen LogP contribution in [0.2, 0.25) is 5.02 Å². The van der Waals surface area contributed by atoms with Gasteiger partial charge in [0, 0.05) is 5.02 Å². The van der Waals surface area contributed by atoms with Crippen molar-refractivity contribution in [1.29, 1.82) is 0 Å². The predicted molar refractivity (Wildman–Crippen MR) is 99.1 cm³/mol. The molecule has 0 bridgehead atoms. The van der Waals surface area contributed by atoms with Crippen LogP contribution in [0.4, 0.5) is 16.2 Å². The predicted octanol–water partition coefficient (Wildman–Crippen LogP) is 4.22. The molecule has 2 aliphatic heterocycles. The summed E-state index contributed by atoms with van der Waals surface area (Å²) in [6.45, 7) is -0.0405. The number of ether oxygens (including phenoxy) is 2. The number of carbonyl (C=O) groups is 2. The molecule has 136 valence electrons. The number of hydrogen-bond donors (Lipinski definition) is 0. The van der Waals surface area contributed by atoms with Gasteiger partial charge in [-0.1, -0.05) is 17.7 Å². The Morgan fingerprint density at radius 1 is 1.19 bits per heavy atom. The molecule has 0 aromatic heterocycles. The molecular weight excluding hydrogens is 396 g/mol. The van der Waals surface area contributed by atoms with E-state index in [0.717, 1.165) is 4.90 Å². The monoisotopic (exact) mass is 404 g/mol. The zero-order chi connectivity index (χ0) is 19.1. The Kier molecular flexibility index (Phi) is 4.25. The van der Waals surface area contributed by atoms with Gasteiger partial charge in [-0.3, -0.25) is 19.7 Å². The van der Waals surface area contributed by atoms with Crippen molar-refractivity contribution >= 4 is 52.0 Å². The number of rotatable bonds is 3. The summed E-state index contributed by atoms with van der Waals surface area (Å²) in [5.41, 5.74) is 0.211. The number of halogens is 1. The quantitative estimate of drug-likeness (QED) is 0.429. The summed E-state index contributed by atoms with van der Waals surface area (Å²) in [5, 5.41) is 11.2. The van der Waals surface area contributed by atoms with Crippen molar-refractivity contribution in [1.82, 2.24) is 0 Å². The Hall–Kier alpha value is -3.04. The molecule has 4 rings (SSSR count). The van der Waals surface area contributed by atoms with Crippen LogP contribution in [-0.2, 0) is 4.79 Å². The Balaban J connectivity index is 1.74. The normalized spacial score (nSPS) is 17.1. The highest BCUT2D eigenvalue weighted by atomic mass is 35.5. The zero-order valence-corrected chi connectivity index (χ0v) is 15.0. The molecular formula is C17H9ClN2O6S. The maximum absolute atomic E-state index is 12.7. The fraction of sp³-hybridized carbons (Fsp3) is 0.0588. The van der Waals surface area contributed by atoms with Crippen LogP contribution in [0.25, 0.3) is 6.08 Å². The van der Waals surface area contributed by atoms with Gasteiger partial charge < -0.3 is 9.47 Å². The minimum Gasteiger partial charge on any atom is -0.454 e. The van der Waals surface area contributed by atoms with Gasteiger partial charge in [-0.15, -0.1) is 0 Å². The van der Waals surface area contributed by atoms with E-state index in [1.165, 1.54) is 24.3 Å². The molecule has 0 unspecified atom stereocenters. The van der Waals surface area contributed by atoms with Gasteiger partial charge in [0.05, 0.1) is 27.1 Å². The number of thioether (sulfide) groups is 1. The summed E-state index contributed by atoms with van der Waals surface area (Å²) in [6.07, 6.45) is 1.30. The molecule has 2 aliphatic rings. The number of nitrogens with zero attached hydrogens (tertiary/aromatic N) is 2. The molecule has 0 radical (unpaired) electrons. The highest BCUT2D eigenvalue weighted by Gasteiger charge is 2.37. The number of nitro groups is 1. The first-order valence-electron chi connectivity index (χ1n) is 7.55. The van der Waals surface area contributed by atoms with Crippen molar-refractivity contribution < 1.29 is 24.0 Å². The standard InChI is InChI=1S/C17H9ClN2O6S/c18-10-2-1-3-11(6-10)19-16(21)15(27-17(19)22)5-9-4-13-14(26-8-25-13)7-12(9)20(23)24/h1-7H,8H2/b15-5-. The van der Waals surface area contributed by atoms with Crippen molar-refractivity contribution in [3.05, 3.63) is 62.0 Å². The Labute approximate surface area is 161 Å². The van der Waals surface area contributed by atoms with Gasteiger partial charge in [0.1, 0.15) is 0 Å². The Morgan fingerprint density at radius 3 is 2.63 bits per heavy atom. The van der Waals surface area contributed by atoms with Gasteiger partial charge in [0.15, 0.2) is 11.5 Å². The van der Waals surface area contributed by atoms with Gasteiger partial charge in [-0.05, 0) is 42.1 Å². The van der Waals surface area contributed by atoms with E-state index in [9.17, 15) is 19.7 Å². The first kappa shape index (κ1) is 17.4. The van der Waals surface area contributed by atoms with E-state index in [1.807, 2.05) is 0 Å². The van der Waals surface area contributed by atoms with Gasteiger partial charge in [-0.2, -0.15) is 0 Å². The number of carbonyl (C=O) groups excluding carboxylic acids is 2. The third-order valence-electron chi connectivity index (χ3n) is 3.87. The molecule has 0 aliphatic carbocycles. The summed E-state index contributed by atoms with van der Waals surface area (Å²) in [7, 11) is 0. The second-order valence-electron chi connectivity index (χ2n) is 5.52. The van der Waals surface area contributed by atoms with E-state index in [4.69, 9.17) is 21.1 Å². The molecule has 27 heavy (non-hydrogen) atoms. The topological polar surface area (TPSA) is 99.0 Å². The van der Waals surface area contributed by atoms with Crippen LogP contribution < -0.4 is 14.4 Å². The molecule has 2 amide bonds. The lowest BCUT2D eigenvalue weighted by molar-refractivity contribution is -0.385. The maximum atomic E-state index is 12.7. The van der Waals surface area contributed by atoms with Crippen molar-refractivity contribution in [3.63, 3.8) is 0 Å². The molecule has 10 heteroatoms. The summed E-state index contributed by atoms with van der Waals surface area (Å²) in [4.78, 5) is 36.8. The second-order valence-corrected chi connectivity index (χ2v) is 6.95. The second kappa shape index (κ2) is 6.60.